The summed E-state index contributed by atoms with van der Waals surface area (Å²) in [6.07, 6.45) is 2.18. The minimum Gasteiger partial charge on any atom is -0.378 e. The van der Waals surface area contributed by atoms with Gasteiger partial charge in [-0.05, 0) is 22.1 Å². The van der Waals surface area contributed by atoms with Crippen LogP contribution in [0.5, 0.6) is 0 Å². The van der Waals surface area contributed by atoms with Crippen molar-refractivity contribution >= 4 is 45.3 Å². The fourth-order valence-corrected chi connectivity index (χ4v) is 4.84. The van der Waals surface area contributed by atoms with Crippen LogP contribution in [-0.2, 0) is 22.5 Å². The molecule has 5 rings (SSSR count). The normalized spacial score (nSPS) is 14.1. The Kier molecular flexibility index (Phi) is 6.92. The number of fused-ring (bicyclic) bond motifs is 2. The molecule has 1 aliphatic heterocycles. The molecule has 34 heavy (non-hydrogen) atoms. The maximum Gasteiger partial charge on any atom is 0.224 e. The van der Waals surface area contributed by atoms with E-state index in [-0.39, 0.29) is 5.91 Å². The molecule has 1 saturated heterocycles. The van der Waals surface area contributed by atoms with Crippen LogP contribution in [0, 0.1) is 0 Å². The van der Waals surface area contributed by atoms with Crippen LogP contribution >= 0.6 is 11.8 Å². The lowest BCUT2D eigenvalue weighted by Gasteiger charge is -2.28. The number of anilines is 1. The van der Waals surface area contributed by atoms with Gasteiger partial charge in [-0.25, -0.2) is 14.6 Å². The molecular formula is C25H28N6O2S. The molecule has 1 N–H and O–H groups in total. The summed E-state index contributed by atoms with van der Waals surface area (Å²) in [5.41, 5.74) is 1.83. The Morgan fingerprint density at radius 2 is 1.91 bits per heavy atom. The number of benzene rings is 2. The highest BCUT2D eigenvalue weighted by Crippen LogP contribution is 2.27. The summed E-state index contributed by atoms with van der Waals surface area (Å²) in [7, 11) is 0. The summed E-state index contributed by atoms with van der Waals surface area (Å²) in [4.78, 5) is 24.5. The number of nitrogens with zero attached hydrogens (tertiary/aromatic N) is 5. The molecule has 0 aliphatic carbocycles. The van der Waals surface area contributed by atoms with E-state index in [4.69, 9.17) is 14.7 Å². The van der Waals surface area contributed by atoms with Crippen LogP contribution in [0.2, 0.25) is 0 Å². The molecule has 3 heterocycles. The fourth-order valence-electron chi connectivity index (χ4n) is 4.28. The third-order valence-corrected chi connectivity index (χ3v) is 6.65. The average Bonchev–Trinajstić information content (AvgIpc) is 3.27. The second-order valence-electron chi connectivity index (χ2n) is 8.13. The van der Waals surface area contributed by atoms with Gasteiger partial charge in [0.05, 0.1) is 37.8 Å². The Morgan fingerprint density at radius 3 is 2.76 bits per heavy atom. The van der Waals surface area contributed by atoms with Gasteiger partial charge >= 0.3 is 0 Å². The predicted octanol–water partition coefficient (Wildman–Crippen LogP) is 3.29. The topological polar surface area (TPSA) is 85.2 Å². The van der Waals surface area contributed by atoms with E-state index in [9.17, 15) is 4.79 Å². The van der Waals surface area contributed by atoms with Gasteiger partial charge < -0.3 is 15.0 Å². The molecule has 0 bridgehead atoms. The van der Waals surface area contributed by atoms with E-state index in [1.54, 1.807) is 11.8 Å². The molecule has 9 heteroatoms. The van der Waals surface area contributed by atoms with Gasteiger partial charge in [-0.3, -0.25) is 4.79 Å². The number of aromatic nitrogens is 4. The van der Waals surface area contributed by atoms with Crippen molar-refractivity contribution < 1.29 is 9.53 Å². The van der Waals surface area contributed by atoms with Crippen molar-refractivity contribution in [2.24, 2.45) is 0 Å². The molecule has 1 aliphatic rings. The number of nitrogens with one attached hydrogen (secondary N) is 1. The SMILES string of the molecule is CCSc1nc(N2CCOCC2)c2cnn(CCNC(=O)Cc3cccc4ccccc34)c2n1. The third kappa shape index (κ3) is 4.85. The minimum atomic E-state index is -0.00123. The van der Waals surface area contributed by atoms with Crippen LogP contribution < -0.4 is 10.2 Å². The number of ether oxygens (including phenoxy) is 1. The minimum absolute atomic E-state index is 0.00123. The maximum atomic E-state index is 12.7. The number of amides is 1. The van der Waals surface area contributed by atoms with E-state index in [1.807, 2.05) is 35.1 Å². The summed E-state index contributed by atoms with van der Waals surface area (Å²) in [6.45, 7) is 6.11. The summed E-state index contributed by atoms with van der Waals surface area (Å²) in [5, 5.41) is 11.6. The number of hydrogen-bond donors (Lipinski definition) is 1. The van der Waals surface area contributed by atoms with Crippen LogP contribution in [0.1, 0.15) is 12.5 Å². The van der Waals surface area contributed by atoms with E-state index >= 15 is 0 Å². The molecule has 0 saturated carbocycles. The highest BCUT2D eigenvalue weighted by atomic mass is 32.2. The van der Waals surface area contributed by atoms with Gasteiger partial charge in [-0.2, -0.15) is 5.10 Å². The van der Waals surface area contributed by atoms with Gasteiger partial charge in [-0.15, -0.1) is 0 Å². The van der Waals surface area contributed by atoms with Crippen LogP contribution in [0.25, 0.3) is 21.8 Å². The largest absolute Gasteiger partial charge is 0.378 e. The lowest BCUT2D eigenvalue weighted by Crippen LogP contribution is -2.37. The number of rotatable bonds is 8. The Morgan fingerprint density at radius 1 is 1.09 bits per heavy atom. The van der Waals surface area contributed by atoms with Gasteiger partial charge in [0.25, 0.3) is 0 Å². The first-order valence-corrected chi connectivity index (χ1v) is 12.6. The van der Waals surface area contributed by atoms with Crippen molar-refractivity contribution in [3.05, 3.63) is 54.2 Å². The lowest BCUT2D eigenvalue weighted by atomic mass is 10.0. The van der Waals surface area contributed by atoms with Gasteiger partial charge in [0.2, 0.25) is 5.91 Å². The van der Waals surface area contributed by atoms with Gasteiger partial charge in [0, 0.05) is 19.6 Å². The zero-order chi connectivity index (χ0) is 23.3. The predicted molar refractivity (Wildman–Crippen MR) is 135 cm³/mol. The zero-order valence-electron chi connectivity index (χ0n) is 19.2. The molecule has 2 aromatic carbocycles. The van der Waals surface area contributed by atoms with Crippen molar-refractivity contribution in [1.29, 1.82) is 0 Å². The first kappa shape index (κ1) is 22.6. The van der Waals surface area contributed by atoms with Crippen LogP contribution in [-0.4, -0.2) is 64.3 Å². The average molecular weight is 477 g/mol. The number of morpholine rings is 1. The monoisotopic (exact) mass is 476 g/mol. The van der Waals surface area contributed by atoms with Gasteiger partial charge in [-0.1, -0.05) is 61.2 Å². The molecule has 1 amide bonds. The Bertz CT molecular complexity index is 1300. The van der Waals surface area contributed by atoms with Crippen LogP contribution in [0.15, 0.2) is 53.8 Å². The Balaban J connectivity index is 1.29. The van der Waals surface area contributed by atoms with Crippen molar-refractivity contribution in [1.82, 2.24) is 25.1 Å². The molecule has 1 fully saturated rings. The molecule has 2 aromatic heterocycles. The van der Waals surface area contributed by atoms with E-state index < -0.39 is 0 Å². The molecule has 0 radical (unpaired) electrons. The number of carbonyl (C=O) groups excluding carboxylic acids is 1. The van der Waals surface area contributed by atoms with E-state index in [1.165, 1.54) is 0 Å². The van der Waals surface area contributed by atoms with Crippen molar-refractivity contribution in [2.75, 3.05) is 43.5 Å². The van der Waals surface area contributed by atoms with E-state index in [0.29, 0.717) is 32.7 Å². The lowest BCUT2D eigenvalue weighted by molar-refractivity contribution is -0.120. The molecule has 4 aromatic rings. The van der Waals surface area contributed by atoms with Gasteiger partial charge in [0.1, 0.15) is 5.82 Å². The van der Waals surface area contributed by atoms with Crippen molar-refractivity contribution in [3.8, 4) is 0 Å². The van der Waals surface area contributed by atoms with Crippen molar-refractivity contribution in [2.45, 2.75) is 25.0 Å². The fraction of sp³-hybridized carbons (Fsp3) is 0.360. The molecule has 0 atom stereocenters. The standard InChI is InChI=1S/C25H28N6O2S/c1-2-34-25-28-23(30-12-14-33-15-13-30)21-17-27-31(24(21)29-25)11-10-26-22(32)16-19-8-5-7-18-6-3-4-9-20(18)19/h3-9,17H,2,10-16H2,1H3,(H,26,32). The molecular weight excluding hydrogens is 448 g/mol. The third-order valence-electron chi connectivity index (χ3n) is 5.92. The van der Waals surface area contributed by atoms with Crippen LogP contribution in [0.4, 0.5) is 5.82 Å². The Hall–Kier alpha value is -3.17. The zero-order valence-corrected chi connectivity index (χ0v) is 20.1. The molecule has 176 valence electrons. The van der Waals surface area contributed by atoms with Crippen molar-refractivity contribution in [3.63, 3.8) is 0 Å². The van der Waals surface area contributed by atoms with Crippen LogP contribution in [0.3, 0.4) is 0 Å². The second-order valence-corrected chi connectivity index (χ2v) is 9.36. The Labute approximate surface area is 202 Å². The number of thioether (sulfide) groups is 1. The first-order chi connectivity index (χ1) is 16.7. The summed E-state index contributed by atoms with van der Waals surface area (Å²) in [5.74, 6) is 1.81. The maximum absolute atomic E-state index is 12.7. The number of carbonyl (C=O) groups is 1. The summed E-state index contributed by atoms with van der Waals surface area (Å²) >= 11 is 1.62. The number of hydrogen-bond acceptors (Lipinski definition) is 7. The molecule has 0 unspecified atom stereocenters. The molecule has 0 spiro atoms. The molecule has 8 nitrogen and oxygen atoms in total. The van der Waals surface area contributed by atoms with E-state index in [0.717, 1.165) is 57.2 Å². The second kappa shape index (κ2) is 10.4. The smallest absolute Gasteiger partial charge is 0.224 e. The summed E-state index contributed by atoms with van der Waals surface area (Å²) in [6, 6.07) is 14.2. The first-order valence-electron chi connectivity index (χ1n) is 11.7. The highest BCUT2D eigenvalue weighted by Gasteiger charge is 2.20. The van der Waals surface area contributed by atoms with Gasteiger partial charge in [0.15, 0.2) is 10.8 Å². The van der Waals surface area contributed by atoms with E-state index in [2.05, 4.69) is 40.4 Å². The summed E-state index contributed by atoms with van der Waals surface area (Å²) < 4.78 is 7.37. The quantitative estimate of drug-likeness (QED) is 0.309. The highest BCUT2D eigenvalue weighted by molar-refractivity contribution is 7.99.